The van der Waals surface area contributed by atoms with Crippen molar-refractivity contribution in [3.63, 3.8) is 0 Å². The van der Waals surface area contributed by atoms with Crippen molar-refractivity contribution in [1.29, 1.82) is 0 Å². The second-order valence-electron chi connectivity index (χ2n) is 7.16. The molecule has 3 rings (SSSR count). The van der Waals surface area contributed by atoms with Crippen LogP contribution in [-0.4, -0.2) is 43.8 Å². The number of aromatic nitrogens is 2. The first kappa shape index (κ1) is 19.1. The molecule has 1 aromatic carbocycles. The molecule has 0 aliphatic carbocycles. The zero-order chi connectivity index (χ0) is 19.9. The number of thiocarbonyl (C=S) groups is 1. The number of carbonyl (C=O) groups is 1. The van der Waals surface area contributed by atoms with Crippen molar-refractivity contribution in [1.82, 2.24) is 19.2 Å². The van der Waals surface area contributed by atoms with Crippen LogP contribution in [0.3, 0.4) is 0 Å². The highest BCUT2D eigenvalue weighted by Gasteiger charge is 2.36. The van der Waals surface area contributed by atoms with Gasteiger partial charge < -0.3 is 4.90 Å². The number of para-hydroxylation sites is 1. The van der Waals surface area contributed by atoms with Gasteiger partial charge in [-0.25, -0.2) is 4.68 Å². The minimum Gasteiger partial charge on any atom is -0.317 e. The topological polar surface area (TPSA) is 50.5 Å². The van der Waals surface area contributed by atoms with E-state index < -0.39 is 0 Å². The van der Waals surface area contributed by atoms with Gasteiger partial charge in [-0.1, -0.05) is 32.0 Å². The van der Waals surface area contributed by atoms with Gasteiger partial charge in [-0.2, -0.15) is 0 Å². The average Bonchev–Trinajstić information content (AvgIpc) is 2.96. The van der Waals surface area contributed by atoms with Crippen LogP contribution >= 0.6 is 12.2 Å². The lowest BCUT2D eigenvalue weighted by atomic mass is 10.2. The van der Waals surface area contributed by atoms with Gasteiger partial charge in [0.2, 0.25) is 0 Å². The molecule has 1 saturated heterocycles. The number of likely N-dealkylation sites (N-methyl/N-ethyl adjacent to an activating group) is 1. The van der Waals surface area contributed by atoms with Gasteiger partial charge in [0.15, 0.2) is 5.11 Å². The first-order chi connectivity index (χ1) is 12.7. The summed E-state index contributed by atoms with van der Waals surface area (Å²) in [6.45, 7) is 6.51. The van der Waals surface area contributed by atoms with Gasteiger partial charge >= 0.3 is 0 Å². The molecule has 1 aromatic heterocycles. The molecule has 2 aromatic rings. The Hall–Kier alpha value is -2.67. The fourth-order valence-corrected chi connectivity index (χ4v) is 3.49. The van der Waals surface area contributed by atoms with Crippen molar-refractivity contribution in [2.45, 2.75) is 20.8 Å². The third kappa shape index (κ3) is 3.23. The molecule has 0 saturated carbocycles. The Balaban J connectivity index is 2.09. The Kier molecular flexibility index (Phi) is 5.06. The highest BCUT2D eigenvalue weighted by molar-refractivity contribution is 7.80. The van der Waals surface area contributed by atoms with E-state index >= 15 is 0 Å². The van der Waals surface area contributed by atoms with Crippen LogP contribution in [0.2, 0.25) is 0 Å². The largest absolute Gasteiger partial charge is 0.317 e. The zero-order valence-corrected chi connectivity index (χ0v) is 17.1. The molecule has 0 radical (unpaired) electrons. The number of benzene rings is 1. The molecule has 1 aliphatic heterocycles. The normalized spacial score (nSPS) is 16.3. The second-order valence-corrected chi connectivity index (χ2v) is 7.52. The predicted molar refractivity (Wildman–Crippen MR) is 111 cm³/mol. The Morgan fingerprint density at radius 2 is 1.74 bits per heavy atom. The molecule has 7 heteroatoms. The molecule has 1 fully saturated rings. The van der Waals surface area contributed by atoms with Crippen LogP contribution in [0.25, 0.3) is 11.8 Å². The Morgan fingerprint density at radius 3 is 2.33 bits per heavy atom. The molecular formula is C20H24N4O2S. The van der Waals surface area contributed by atoms with E-state index in [4.69, 9.17) is 12.2 Å². The maximum Gasteiger partial charge on any atom is 0.279 e. The van der Waals surface area contributed by atoms with E-state index in [1.54, 1.807) is 32.3 Å². The van der Waals surface area contributed by atoms with Crippen LogP contribution < -0.4 is 5.56 Å². The van der Waals surface area contributed by atoms with E-state index in [-0.39, 0.29) is 11.5 Å². The summed E-state index contributed by atoms with van der Waals surface area (Å²) < 4.78 is 3.40. The molecule has 6 nitrogen and oxygen atoms in total. The average molecular weight is 385 g/mol. The molecular weight excluding hydrogens is 360 g/mol. The van der Waals surface area contributed by atoms with Crippen molar-refractivity contribution >= 4 is 29.3 Å². The maximum absolute atomic E-state index is 13.1. The van der Waals surface area contributed by atoms with E-state index in [0.29, 0.717) is 28.8 Å². The third-order valence-corrected chi connectivity index (χ3v) is 5.27. The lowest BCUT2D eigenvalue weighted by Gasteiger charge is -2.18. The van der Waals surface area contributed by atoms with E-state index in [9.17, 15) is 9.59 Å². The van der Waals surface area contributed by atoms with Crippen molar-refractivity contribution in [2.24, 2.45) is 13.0 Å². The summed E-state index contributed by atoms with van der Waals surface area (Å²) in [5.41, 5.74) is 2.31. The first-order valence-electron chi connectivity index (χ1n) is 8.89. The molecule has 1 amide bonds. The number of nitrogens with zero attached hydrogens (tertiary/aromatic N) is 4. The van der Waals surface area contributed by atoms with Crippen LogP contribution in [0.15, 0.2) is 40.8 Å². The smallest absolute Gasteiger partial charge is 0.279 e. The van der Waals surface area contributed by atoms with Crippen molar-refractivity contribution in [2.75, 3.05) is 13.6 Å². The highest BCUT2D eigenvalue weighted by Crippen LogP contribution is 2.23. The van der Waals surface area contributed by atoms with E-state index in [1.807, 2.05) is 58.2 Å². The lowest BCUT2D eigenvalue weighted by molar-refractivity contribution is -0.122. The molecule has 0 bridgehead atoms. The van der Waals surface area contributed by atoms with E-state index in [2.05, 4.69) is 0 Å². The minimum atomic E-state index is -0.164. The molecule has 0 atom stereocenters. The first-order valence-corrected chi connectivity index (χ1v) is 9.30. The summed E-state index contributed by atoms with van der Waals surface area (Å²) >= 11 is 5.43. The number of rotatable bonds is 4. The zero-order valence-electron chi connectivity index (χ0n) is 16.3. The standard InChI is InChI=1S/C20H24N4O2S/c1-13(2)12-23-19(26)17(21(4)20(23)27)11-16-14(3)22(5)24(18(16)25)15-9-7-6-8-10-15/h6-11,13H,12H2,1-5H3/b17-11+. The Morgan fingerprint density at radius 1 is 1.11 bits per heavy atom. The van der Waals surface area contributed by atoms with Gasteiger partial charge in [-0.15, -0.1) is 0 Å². The molecule has 2 heterocycles. The summed E-state index contributed by atoms with van der Waals surface area (Å²) in [4.78, 5) is 29.2. The molecule has 0 N–H and O–H groups in total. The summed E-state index contributed by atoms with van der Waals surface area (Å²) in [6, 6.07) is 9.44. The summed E-state index contributed by atoms with van der Waals surface area (Å²) in [7, 11) is 3.60. The molecule has 0 spiro atoms. The van der Waals surface area contributed by atoms with Gasteiger partial charge in [0.25, 0.3) is 11.5 Å². The third-order valence-electron chi connectivity index (χ3n) is 4.77. The van der Waals surface area contributed by atoms with E-state index in [1.165, 1.54) is 0 Å². The summed E-state index contributed by atoms with van der Waals surface area (Å²) in [6.07, 6.45) is 1.66. The molecule has 1 aliphatic rings. The van der Waals surface area contributed by atoms with Crippen LogP contribution in [0.4, 0.5) is 0 Å². The fourth-order valence-electron chi connectivity index (χ4n) is 3.23. The van der Waals surface area contributed by atoms with Crippen LogP contribution in [-0.2, 0) is 11.8 Å². The monoisotopic (exact) mass is 384 g/mol. The maximum atomic E-state index is 13.1. The van der Waals surface area contributed by atoms with Crippen molar-refractivity contribution < 1.29 is 4.79 Å². The van der Waals surface area contributed by atoms with Gasteiger partial charge in [0.1, 0.15) is 5.70 Å². The Bertz CT molecular complexity index is 985. The molecule has 142 valence electrons. The second kappa shape index (κ2) is 7.15. The van der Waals surface area contributed by atoms with Crippen LogP contribution in [0.5, 0.6) is 0 Å². The van der Waals surface area contributed by atoms with Crippen molar-refractivity contribution in [3.05, 3.63) is 57.6 Å². The number of hydrogen-bond acceptors (Lipinski definition) is 3. The quantitative estimate of drug-likeness (QED) is 0.600. The number of hydrogen-bond donors (Lipinski definition) is 0. The van der Waals surface area contributed by atoms with E-state index in [0.717, 1.165) is 11.4 Å². The van der Waals surface area contributed by atoms with Gasteiger partial charge in [-0.3, -0.25) is 19.2 Å². The van der Waals surface area contributed by atoms with Crippen LogP contribution in [0, 0.1) is 12.8 Å². The molecule has 27 heavy (non-hydrogen) atoms. The lowest BCUT2D eigenvalue weighted by Crippen LogP contribution is -2.34. The fraction of sp³-hybridized carbons (Fsp3) is 0.350. The highest BCUT2D eigenvalue weighted by atomic mass is 32.1. The number of amides is 1. The van der Waals surface area contributed by atoms with Gasteiger partial charge in [0.05, 0.1) is 11.3 Å². The van der Waals surface area contributed by atoms with Gasteiger partial charge in [0, 0.05) is 26.3 Å². The van der Waals surface area contributed by atoms with Crippen molar-refractivity contribution in [3.8, 4) is 5.69 Å². The van der Waals surface area contributed by atoms with Gasteiger partial charge in [-0.05, 0) is 43.3 Å². The molecule has 0 unspecified atom stereocenters. The van der Waals surface area contributed by atoms with Crippen LogP contribution in [0.1, 0.15) is 25.1 Å². The predicted octanol–water partition coefficient (Wildman–Crippen LogP) is 2.54. The summed E-state index contributed by atoms with van der Waals surface area (Å²) in [5, 5.41) is 0.469. The minimum absolute atomic E-state index is 0.162. The Labute approximate surface area is 164 Å². The number of carbonyl (C=O) groups excluding carboxylic acids is 1. The summed E-state index contributed by atoms with van der Waals surface area (Å²) in [5.74, 6) is 0.138. The SMILES string of the molecule is Cc1c(/C=C2\C(=O)N(CC(C)C)C(=S)N2C)c(=O)n(-c2ccccc2)n1C.